The van der Waals surface area contributed by atoms with Crippen LogP contribution in [0.2, 0.25) is 0 Å². The van der Waals surface area contributed by atoms with Gasteiger partial charge in [0.2, 0.25) is 5.91 Å². The molecule has 1 aromatic heterocycles. The first-order chi connectivity index (χ1) is 12.3. The molecule has 1 N–H and O–H groups in total. The number of nitrogens with zero attached hydrogens (tertiary/aromatic N) is 1. The van der Waals surface area contributed by atoms with Gasteiger partial charge in [0.05, 0.1) is 11.4 Å². The smallest absolute Gasteiger partial charge is 0.295 e. The molecule has 0 unspecified atom stereocenters. The average Bonchev–Trinajstić information content (AvgIpc) is 2.92. The molecule has 0 saturated heterocycles. The predicted octanol–water partition coefficient (Wildman–Crippen LogP) is 4.88. The molecule has 3 aromatic rings. The van der Waals surface area contributed by atoms with E-state index in [1.54, 1.807) is 19.9 Å². The summed E-state index contributed by atoms with van der Waals surface area (Å²) in [6, 6.07) is 12.9. The standard InChI is InChI=1S/C20H17BrN2O3/c1-11-13-10-12(21)8-9-16(13)26-17(11)18(24)23-15-7-5-4-6-14(15)22-19(25)20(23,2)3/h4-10H,1-3H3,(H,22,25). The molecule has 2 aromatic carbocycles. The lowest BCUT2D eigenvalue weighted by Gasteiger charge is -2.41. The number of rotatable bonds is 1. The van der Waals surface area contributed by atoms with Gasteiger partial charge in [-0.1, -0.05) is 28.1 Å². The molecule has 0 saturated carbocycles. The van der Waals surface area contributed by atoms with Crippen molar-refractivity contribution in [3.63, 3.8) is 0 Å². The Morgan fingerprint density at radius 1 is 1.19 bits per heavy atom. The summed E-state index contributed by atoms with van der Waals surface area (Å²) in [5.74, 6) is -0.321. The van der Waals surface area contributed by atoms with E-state index in [0.29, 0.717) is 17.0 Å². The summed E-state index contributed by atoms with van der Waals surface area (Å²) >= 11 is 3.45. The largest absolute Gasteiger partial charge is 0.451 e. The molecule has 0 spiro atoms. The van der Waals surface area contributed by atoms with E-state index >= 15 is 0 Å². The SMILES string of the molecule is Cc1c(C(=O)N2c3ccccc3NC(=O)C2(C)C)oc2ccc(Br)cc12. The van der Waals surface area contributed by atoms with Gasteiger partial charge >= 0.3 is 0 Å². The van der Waals surface area contributed by atoms with Gasteiger partial charge < -0.3 is 9.73 Å². The second-order valence-electron chi connectivity index (χ2n) is 6.87. The molecular formula is C20H17BrN2O3. The van der Waals surface area contributed by atoms with Gasteiger partial charge in [-0.2, -0.15) is 0 Å². The van der Waals surface area contributed by atoms with Crippen LogP contribution in [0.4, 0.5) is 11.4 Å². The summed E-state index contributed by atoms with van der Waals surface area (Å²) in [6.07, 6.45) is 0. The average molecular weight is 413 g/mol. The molecule has 2 amide bonds. The van der Waals surface area contributed by atoms with E-state index in [2.05, 4.69) is 21.2 Å². The van der Waals surface area contributed by atoms with Crippen LogP contribution >= 0.6 is 15.9 Å². The van der Waals surface area contributed by atoms with Gasteiger partial charge in [0.15, 0.2) is 5.76 Å². The normalized spacial score (nSPS) is 15.7. The van der Waals surface area contributed by atoms with Gasteiger partial charge in [-0.15, -0.1) is 0 Å². The highest BCUT2D eigenvalue weighted by molar-refractivity contribution is 9.10. The number of halogens is 1. The number of aryl methyl sites for hydroxylation is 1. The fraction of sp³-hybridized carbons (Fsp3) is 0.200. The lowest BCUT2D eigenvalue weighted by molar-refractivity contribution is -0.120. The van der Waals surface area contributed by atoms with Crippen molar-refractivity contribution in [2.75, 3.05) is 10.2 Å². The van der Waals surface area contributed by atoms with Crippen molar-refractivity contribution < 1.29 is 14.0 Å². The summed E-state index contributed by atoms with van der Waals surface area (Å²) in [5, 5.41) is 3.74. The van der Waals surface area contributed by atoms with Gasteiger partial charge in [-0.25, -0.2) is 0 Å². The zero-order valence-corrected chi connectivity index (χ0v) is 16.2. The number of carbonyl (C=O) groups is 2. The molecule has 4 rings (SSSR count). The van der Waals surface area contributed by atoms with Gasteiger partial charge in [-0.3, -0.25) is 14.5 Å². The van der Waals surface area contributed by atoms with Gasteiger partial charge in [0.25, 0.3) is 5.91 Å². The maximum Gasteiger partial charge on any atom is 0.295 e. The van der Waals surface area contributed by atoms with Crippen LogP contribution in [0.1, 0.15) is 30.0 Å². The van der Waals surface area contributed by atoms with E-state index in [9.17, 15) is 9.59 Å². The number of anilines is 2. The number of furan rings is 1. The van der Waals surface area contributed by atoms with E-state index in [1.165, 1.54) is 4.90 Å². The minimum atomic E-state index is -1.04. The fourth-order valence-electron chi connectivity index (χ4n) is 3.31. The van der Waals surface area contributed by atoms with Crippen molar-refractivity contribution in [1.82, 2.24) is 0 Å². The van der Waals surface area contributed by atoms with Crippen LogP contribution in [0.3, 0.4) is 0 Å². The number of fused-ring (bicyclic) bond motifs is 2. The lowest BCUT2D eigenvalue weighted by Crippen LogP contribution is -2.58. The molecule has 1 aliphatic rings. The van der Waals surface area contributed by atoms with Crippen LogP contribution in [0.15, 0.2) is 51.4 Å². The zero-order chi connectivity index (χ0) is 18.6. The third kappa shape index (κ3) is 2.36. The summed E-state index contributed by atoms with van der Waals surface area (Å²) in [4.78, 5) is 27.5. The molecule has 2 heterocycles. The molecule has 1 aliphatic heterocycles. The number of hydrogen-bond acceptors (Lipinski definition) is 3. The maximum absolute atomic E-state index is 13.4. The molecule has 0 aliphatic carbocycles. The monoisotopic (exact) mass is 412 g/mol. The Morgan fingerprint density at radius 2 is 1.92 bits per heavy atom. The Balaban J connectivity index is 1.90. The molecule has 0 fully saturated rings. The third-order valence-corrected chi connectivity index (χ3v) is 5.30. The van der Waals surface area contributed by atoms with Crippen molar-refractivity contribution >= 4 is 50.1 Å². The van der Waals surface area contributed by atoms with Crippen molar-refractivity contribution in [3.05, 3.63) is 58.3 Å². The number of hydrogen-bond donors (Lipinski definition) is 1. The van der Waals surface area contributed by atoms with Gasteiger partial charge in [0, 0.05) is 15.4 Å². The Kier molecular flexibility index (Phi) is 3.70. The lowest BCUT2D eigenvalue weighted by atomic mass is 9.95. The predicted molar refractivity (Wildman–Crippen MR) is 105 cm³/mol. The van der Waals surface area contributed by atoms with Crippen LogP contribution in [0.5, 0.6) is 0 Å². The molecule has 0 bridgehead atoms. The van der Waals surface area contributed by atoms with E-state index in [-0.39, 0.29) is 17.6 Å². The first-order valence-electron chi connectivity index (χ1n) is 8.24. The van der Waals surface area contributed by atoms with E-state index in [1.807, 2.05) is 43.3 Å². The summed E-state index contributed by atoms with van der Waals surface area (Å²) < 4.78 is 6.78. The molecule has 132 valence electrons. The molecule has 0 radical (unpaired) electrons. The quantitative estimate of drug-likeness (QED) is 0.619. The number of benzene rings is 2. The second-order valence-corrected chi connectivity index (χ2v) is 7.78. The number of carbonyl (C=O) groups excluding carboxylic acids is 2. The topological polar surface area (TPSA) is 62.6 Å². The molecular weight excluding hydrogens is 396 g/mol. The number of amides is 2. The first-order valence-corrected chi connectivity index (χ1v) is 9.03. The first kappa shape index (κ1) is 16.8. The van der Waals surface area contributed by atoms with Crippen LogP contribution in [-0.4, -0.2) is 17.4 Å². The van der Waals surface area contributed by atoms with Gasteiger partial charge in [-0.05, 0) is 51.1 Å². The number of para-hydroxylation sites is 2. The highest BCUT2D eigenvalue weighted by atomic mass is 79.9. The Labute approximate surface area is 159 Å². The fourth-order valence-corrected chi connectivity index (χ4v) is 3.68. The van der Waals surface area contributed by atoms with E-state index < -0.39 is 5.54 Å². The highest BCUT2D eigenvalue weighted by Crippen LogP contribution is 2.39. The van der Waals surface area contributed by atoms with Crippen LogP contribution in [0.25, 0.3) is 11.0 Å². The Bertz CT molecular complexity index is 1070. The zero-order valence-electron chi connectivity index (χ0n) is 14.6. The van der Waals surface area contributed by atoms with Crippen molar-refractivity contribution in [1.29, 1.82) is 0 Å². The highest BCUT2D eigenvalue weighted by Gasteiger charge is 2.45. The maximum atomic E-state index is 13.4. The van der Waals surface area contributed by atoms with Crippen molar-refractivity contribution in [3.8, 4) is 0 Å². The minimum absolute atomic E-state index is 0.235. The second kappa shape index (κ2) is 5.71. The van der Waals surface area contributed by atoms with Crippen molar-refractivity contribution in [2.45, 2.75) is 26.3 Å². The summed E-state index contributed by atoms with van der Waals surface area (Å²) in [6.45, 7) is 5.31. The van der Waals surface area contributed by atoms with Crippen LogP contribution in [0, 0.1) is 6.92 Å². The molecule has 26 heavy (non-hydrogen) atoms. The summed E-state index contributed by atoms with van der Waals surface area (Å²) in [5.41, 5.74) is 1.62. The molecule has 6 heteroatoms. The Hall–Kier alpha value is -2.60. The Morgan fingerprint density at radius 3 is 2.69 bits per heavy atom. The summed E-state index contributed by atoms with van der Waals surface area (Å²) in [7, 11) is 0. The molecule has 0 atom stereocenters. The van der Waals surface area contributed by atoms with Crippen LogP contribution < -0.4 is 10.2 Å². The van der Waals surface area contributed by atoms with Crippen LogP contribution in [-0.2, 0) is 4.79 Å². The van der Waals surface area contributed by atoms with Gasteiger partial charge in [0.1, 0.15) is 11.1 Å². The van der Waals surface area contributed by atoms with Crippen molar-refractivity contribution in [2.24, 2.45) is 0 Å². The number of nitrogens with one attached hydrogen (secondary N) is 1. The molecule has 5 nitrogen and oxygen atoms in total. The van der Waals surface area contributed by atoms with E-state index in [4.69, 9.17) is 4.42 Å². The van der Waals surface area contributed by atoms with E-state index in [0.717, 1.165) is 15.4 Å². The minimum Gasteiger partial charge on any atom is -0.451 e. The third-order valence-electron chi connectivity index (χ3n) is 4.80.